The van der Waals surface area contributed by atoms with Gasteiger partial charge >= 0.3 is 0 Å². The summed E-state index contributed by atoms with van der Waals surface area (Å²) < 4.78 is 1.97. The number of nitrogens with zero attached hydrogens (tertiary/aromatic N) is 4. The predicted molar refractivity (Wildman–Crippen MR) is 112 cm³/mol. The number of carbonyl (C=O) groups is 1. The Bertz CT molecular complexity index is 934. The molecule has 3 aromatic rings. The van der Waals surface area contributed by atoms with Crippen molar-refractivity contribution in [2.75, 3.05) is 13.1 Å². The van der Waals surface area contributed by atoms with Crippen molar-refractivity contribution in [3.63, 3.8) is 0 Å². The predicted octanol–water partition coefficient (Wildman–Crippen LogP) is 4.42. The molecule has 1 aliphatic rings. The Labute approximate surface area is 169 Å². The molecule has 2 heterocycles. The molecule has 2 aromatic carbocycles. The quantitative estimate of drug-likeness (QED) is 0.603. The summed E-state index contributed by atoms with van der Waals surface area (Å²) in [5.74, 6) is 0.162. The lowest BCUT2D eigenvalue weighted by Crippen LogP contribution is -2.38. The number of para-hydroxylation sites is 1. The van der Waals surface area contributed by atoms with Gasteiger partial charge in [-0.2, -0.15) is 0 Å². The molecular formula is C22H24N4OS. The van der Waals surface area contributed by atoms with Gasteiger partial charge in [-0.1, -0.05) is 60.3 Å². The normalized spacial score (nSPS) is 15.4. The van der Waals surface area contributed by atoms with Gasteiger partial charge in [0.2, 0.25) is 5.91 Å². The van der Waals surface area contributed by atoms with E-state index in [2.05, 4.69) is 23.2 Å². The first kappa shape index (κ1) is 18.7. The molecular weight excluding hydrogens is 368 g/mol. The molecule has 0 aliphatic carbocycles. The van der Waals surface area contributed by atoms with Crippen LogP contribution in [-0.2, 0) is 4.79 Å². The van der Waals surface area contributed by atoms with Crippen LogP contribution in [0.15, 0.2) is 66.1 Å². The van der Waals surface area contributed by atoms with Gasteiger partial charge in [0.1, 0.15) is 11.6 Å². The summed E-state index contributed by atoms with van der Waals surface area (Å²) in [5.41, 5.74) is 3.18. The highest BCUT2D eigenvalue weighted by Crippen LogP contribution is 2.37. The topological polar surface area (TPSA) is 51.0 Å². The van der Waals surface area contributed by atoms with E-state index in [-0.39, 0.29) is 11.2 Å². The molecule has 5 nitrogen and oxygen atoms in total. The van der Waals surface area contributed by atoms with E-state index in [4.69, 9.17) is 0 Å². The van der Waals surface area contributed by atoms with Gasteiger partial charge in [-0.15, -0.1) is 10.2 Å². The number of piperidine rings is 1. The van der Waals surface area contributed by atoms with Gasteiger partial charge in [0, 0.05) is 13.1 Å². The van der Waals surface area contributed by atoms with Crippen molar-refractivity contribution in [3.05, 3.63) is 72.1 Å². The zero-order chi connectivity index (χ0) is 19.3. The number of aryl methyl sites for hydroxylation is 1. The molecule has 4 rings (SSSR count). The average molecular weight is 393 g/mol. The van der Waals surface area contributed by atoms with Crippen LogP contribution in [-0.4, -0.2) is 38.7 Å². The number of rotatable bonds is 5. The molecule has 1 fully saturated rings. The summed E-state index contributed by atoms with van der Waals surface area (Å²) in [4.78, 5) is 15.4. The third-order valence-electron chi connectivity index (χ3n) is 5.11. The first-order valence-corrected chi connectivity index (χ1v) is 10.6. The maximum atomic E-state index is 13.4. The fraction of sp³-hybridized carbons (Fsp3) is 0.318. The molecule has 0 N–H and O–H groups in total. The van der Waals surface area contributed by atoms with Gasteiger partial charge in [0.15, 0.2) is 5.16 Å². The van der Waals surface area contributed by atoms with E-state index in [1.54, 1.807) is 6.33 Å². The molecule has 0 bridgehead atoms. The highest BCUT2D eigenvalue weighted by Gasteiger charge is 2.29. The third kappa shape index (κ3) is 3.97. The maximum Gasteiger partial charge on any atom is 0.240 e. The Kier molecular flexibility index (Phi) is 5.76. The SMILES string of the molecule is Cc1ccccc1-n1cnnc1SC(C(=O)N1CCCCC1)c1ccccc1. The van der Waals surface area contributed by atoms with Crippen LogP contribution in [0.1, 0.15) is 35.6 Å². The van der Waals surface area contributed by atoms with Gasteiger partial charge in [-0.3, -0.25) is 9.36 Å². The zero-order valence-electron chi connectivity index (χ0n) is 16.0. The van der Waals surface area contributed by atoms with Crippen LogP contribution in [0.4, 0.5) is 0 Å². The molecule has 28 heavy (non-hydrogen) atoms. The van der Waals surface area contributed by atoms with E-state index in [9.17, 15) is 4.79 Å². The molecule has 1 amide bonds. The van der Waals surface area contributed by atoms with Gasteiger partial charge in [0.25, 0.3) is 0 Å². The minimum absolute atomic E-state index is 0.162. The zero-order valence-corrected chi connectivity index (χ0v) is 16.8. The number of likely N-dealkylation sites (tertiary alicyclic amines) is 1. The number of benzene rings is 2. The Morgan fingerprint density at radius 3 is 2.46 bits per heavy atom. The number of amides is 1. The number of hydrogen-bond donors (Lipinski definition) is 0. The standard InChI is InChI=1S/C22H24N4OS/c1-17-10-6-7-13-19(17)26-16-23-24-22(26)28-20(18-11-4-2-5-12-18)21(27)25-14-8-3-9-15-25/h2,4-7,10-13,16,20H,3,8-9,14-15H2,1H3. The van der Waals surface area contributed by atoms with Crippen molar-refractivity contribution < 1.29 is 4.79 Å². The van der Waals surface area contributed by atoms with Crippen LogP contribution in [0.3, 0.4) is 0 Å². The molecule has 1 aliphatic heterocycles. The monoisotopic (exact) mass is 392 g/mol. The van der Waals surface area contributed by atoms with Crippen molar-refractivity contribution in [1.29, 1.82) is 0 Å². The summed E-state index contributed by atoms with van der Waals surface area (Å²) in [6.45, 7) is 3.75. The second-order valence-corrected chi connectivity index (χ2v) is 8.14. The van der Waals surface area contributed by atoms with Gasteiger partial charge in [0.05, 0.1) is 5.69 Å². The summed E-state index contributed by atoms with van der Waals surface area (Å²) in [6.07, 6.45) is 5.08. The fourth-order valence-electron chi connectivity index (χ4n) is 3.58. The highest BCUT2D eigenvalue weighted by molar-refractivity contribution is 8.00. The highest BCUT2D eigenvalue weighted by atomic mass is 32.2. The molecule has 1 saturated heterocycles. The Morgan fingerprint density at radius 2 is 1.71 bits per heavy atom. The van der Waals surface area contributed by atoms with Crippen molar-refractivity contribution in [2.24, 2.45) is 0 Å². The smallest absolute Gasteiger partial charge is 0.240 e. The number of aromatic nitrogens is 3. The van der Waals surface area contributed by atoms with E-state index < -0.39 is 0 Å². The molecule has 1 atom stereocenters. The lowest BCUT2D eigenvalue weighted by Gasteiger charge is -2.30. The van der Waals surface area contributed by atoms with Gasteiger partial charge in [-0.05, 0) is 43.4 Å². The Hall–Kier alpha value is -2.60. The molecule has 0 radical (unpaired) electrons. The van der Waals surface area contributed by atoms with E-state index in [1.165, 1.54) is 18.2 Å². The van der Waals surface area contributed by atoms with E-state index in [0.29, 0.717) is 0 Å². The van der Waals surface area contributed by atoms with Crippen molar-refractivity contribution in [3.8, 4) is 5.69 Å². The Morgan fingerprint density at radius 1 is 1.00 bits per heavy atom. The van der Waals surface area contributed by atoms with Gasteiger partial charge in [-0.25, -0.2) is 0 Å². The summed E-state index contributed by atoms with van der Waals surface area (Å²) in [5, 5.41) is 8.86. The van der Waals surface area contributed by atoms with Gasteiger partial charge < -0.3 is 4.90 Å². The van der Waals surface area contributed by atoms with Crippen molar-refractivity contribution in [1.82, 2.24) is 19.7 Å². The number of hydrogen-bond acceptors (Lipinski definition) is 4. The second-order valence-electron chi connectivity index (χ2n) is 7.06. The van der Waals surface area contributed by atoms with Crippen LogP contribution in [0.5, 0.6) is 0 Å². The summed E-state index contributed by atoms with van der Waals surface area (Å²) >= 11 is 1.48. The molecule has 1 unspecified atom stereocenters. The maximum absolute atomic E-state index is 13.4. The van der Waals surface area contributed by atoms with Crippen LogP contribution in [0.25, 0.3) is 5.69 Å². The van der Waals surface area contributed by atoms with E-state index >= 15 is 0 Å². The van der Waals surface area contributed by atoms with E-state index in [1.807, 2.05) is 58.0 Å². The third-order valence-corrected chi connectivity index (χ3v) is 6.31. The first-order chi connectivity index (χ1) is 13.7. The van der Waals surface area contributed by atoms with Crippen molar-refractivity contribution in [2.45, 2.75) is 36.6 Å². The fourth-order valence-corrected chi connectivity index (χ4v) is 4.69. The summed E-state index contributed by atoms with van der Waals surface area (Å²) in [7, 11) is 0. The number of thioether (sulfide) groups is 1. The molecule has 144 valence electrons. The second kappa shape index (κ2) is 8.61. The van der Waals surface area contributed by atoms with Crippen molar-refractivity contribution >= 4 is 17.7 Å². The Balaban J connectivity index is 1.67. The molecule has 0 saturated carbocycles. The van der Waals surface area contributed by atoms with E-state index in [0.717, 1.165) is 47.9 Å². The summed E-state index contributed by atoms with van der Waals surface area (Å²) in [6, 6.07) is 18.1. The van der Waals surface area contributed by atoms with Crippen LogP contribution >= 0.6 is 11.8 Å². The van der Waals surface area contributed by atoms with Crippen LogP contribution in [0, 0.1) is 6.92 Å². The van der Waals surface area contributed by atoms with Crippen LogP contribution < -0.4 is 0 Å². The molecule has 1 aromatic heterocycles. The lowest BCUT2D eigenvalue weighted by molar-refractivity contribution is -0.131. The minimum Gasteiger partial charge on any atom is -0.341 e. The number of carbonyl (C=O) groups excluding carboxylic acids is 1. The molecule has 6 heteroatoms. The average Bonchev–Trinajstić information content (AvgIpc) is 3.21. The van der Waals surface area contributed by atoms with Crippen LogP contribution in [0.2, 0.25) is 0 Å². The minimum atomic E-state index is -0.328. The molecule has 0 spiro atoms. The first-order valence-electron chi connectivity index (χ1n) is 9.70. The lowest BCUT2D eigenvalue weighted by atomic mass is 10.1. The largest absolute Gasteiger partial charge is 0.341 e.